The fraction of sp³-hybridized carbons (Fsp3) is 0.462. The van der Waals surface area contributed by atoms with E-state index in [1.807, 2.05) is 19.9 Å². The minimum atomic E-state index is -0.851. The van der Waals surface area contributed by atoms with Gasteiger partial charge in [0.15, 0.2) is 0 Å². The van der Waals surface area contributed by atoms with Crippen molar-refractivity contribution in [1.29, 1.82) is 0 Å². The third kappa shape index (κ3) is 4.44. The van der Waals surface area contributed by atoms with E-state index in [1.54, 1.807) is 24.3 Å². The van der Waals surface area contributed by atoms with Gasteiger partial charge in [-0.25, -0.2) is 4.79 Å². The lowest BCUT2D eigenvalue weighted by Gasteiger charge is -2.24. The molecule has 1 rings (SSSR count). The number of carbonyl (C=O) groups excluding carboxylic acids is 1. The average molecular weight is 237 g/mol. The second-order valence-electron chi connectivity index (χ2n) is 3.99. The van der Waals surface area contributed by atoms with Crippen molar-refractivity contribution in [3.8, 4) is 5.75 Å². The van der Waals surface area contributed by atoms with Crippen LogP contribution in [-0.2, 0) is 0 Å². The Labute approximate surface area is 102 Å². The van der Waals surface area contributed by atoms with Crippen LogP contribution in [0.4, 0.5) is 4.79 Å². The van der Waals surface area contributed by atoms with Gasteiger partial charge >= 0.3 is 6.09 Å². The molecule has 0 heterocycles. The first kappa shape index (κ1) is 13.5. The van der Waals surface area contributed by atoms with Crippen molar-refractivity contribution in [1.82, 2.24) is 5.32 Å². The van der Waals surface area contributed by atoms with Crippen molar-refractivity contribution in [2.24, 2.45) is 0 Å². The van der Waals surface area contributed by atoms with Gasteiger partial charge in [-0.05, 0) is 25.0 Å². The molecule has 0 aliphatic heterocycles. The molecular weight excluding hydrogens is 218 g/mol. The van der Waals surface area contributed by atoms with E-state index in [0.717, 1.165) is 0 Å². The normalized spacial score (nSPS) is 11.0. The first-order valence-electron chi connectivity index (χ1n) is 5.83. The van der Waals surface area contributed by atoms with Crippen LogP contribution in [0.5, 0.6) is 5.75 Å². The molecule has 0 unspecified atom stereocenters. The van der Waals surface area contributed by atoms with Gasteiger partial charge in [0.1, 0.15) is 5.75 Å². The molecule has 0 aromatic heterocycles. The highest BCUT2D eigenvalue weighted by Crippen LogP contribution is 2.13. The summed E-state index contributed by atoms with van der Waals surface area (Å²) in [7, 11) is 0. The standard InChI is InChI=1S/C13H19NO3/c1-3-13(16,4-2)10-14-12(15)17-11-8-6-5-7-9-11/h5-9,16H,3-4,10H2,1-2H3,(H,14,15). The Morgan fingerprint density at radius 3 is 2.41 bits per heavy atom. The van der Waals surface area contributed by atoms with Crippen LogP contribution in [-0.4, -0.2) is 23.3 Å². The van der Waals surface area contributed by atoms with Gasteiger partial charge in [0.25, 0.3) is 0 Å². The lowest BCUT2D eigenvalue weighted by molar-refractivity contribution is 0.0333. The topological polar surface area (TPSA) is 58.6 Å². The van der Waals surface area contributed by atoms with Gasteiger partial charge in [0.05, 0.1) is 5.60 Å². The van der Waals surface area contributed by atoms with Crippen LogP contribution in [0, 0.1) is 0 Å². The smallest absolute Gasteiger partial charge is 0.410 e. The van der Waals surface area contributed by atoms with Gasteiger partial charge < -0.3 is 15.2 Å². The first-order chi connectivity index (χ1) is 8.09. The molecule has 0 atom stereocenters. The van der Waals surface area contributed by atoms with Crippen LogP contribution in [0.1, 0.15) is 26.7 Å². The van der Waals surface area contributed by atoms with Crippen LogP contribution in [0.2, 0.25) is 0 Å². The van der Waals surface area contributed by atoms with Crippen molar-refractivity contribution in [3.63, 3.8) is 0 Å². The van der Waals surface area contributed by atoms with Crippen molar-refractivity contribution in [2.45, 2.75) is 32.3 Å². The second kappa shape index (κ2) is 6.25. The van der Waals surface area contributed by atoms with E-state index < -0.39 is 11.7 Å². The predicted molar refractivity (Wildman–Crippen MR) is 66.0 cm³/mol. The molecule has 0 aliphatic rings. The van der Waals surface area contributed by atoms with E-state index in [1.165, 1.54) is 0 Å². The molecule has 17 heavy (non-hydrogen) atoms. The molecule has 1 aromatic carbocycles. The Morgan fingerprint density at radius 2 is 1.88 bits per heavy atom. The summed E-state index contributed by atoms with van der Waals surface area (Å²) in [6, 6.07) is 8.82. The number of para-hydroxylation sites is 1. The maximum Gasteiger partial charge on any atom is 0.412 e. The summed E-state index contributed by atoms with van der Waals surface area (Å²) in [5.74, 6) is 0.488. The third-order valence-corrected chi connectivity index (χ3v) is 2.83. The number of benzene rings is 1. The predicted octanol–water partition coefficient (Wildman–Crippen LogP) is 2.33. The van der Waals surface area contributed by atoms with E-state index in [2.05, 4.69) is 5.32 Å². The van der Waals surface area contributed by atoms with Gasteiger partial charge in [0.2, 0.25) is 0 Å². The number of carbonyl (C=O) groups is 1. The van der Waals surface area contributed by atoms with Crippen LogP contribution in [0.15, 0.2) is 30.3 Å². The van der Waals surface area contributed by atoms with Crippen molar-refractivity contribution in [3.05, 3.63) is 30.3 Å². The van der Waals surface area contributed by atoms with Gasteiger partial charge in [-0.2, -0.15) is 0 Å². The zero-order valence-corrected chi connectivity index (χ0v) is 10.3. The first-order valence-corrected chi connectivity index (χ1v) is 5.83. The largest absolute Gasteiger partial charge is 0.412 e. The molecule has 94 valence electrons. The molecular formula is C13H19NO3. The molecule has 4 nitrogen and oxygen atoms in total. The summed E-state index contributed by atoms with van der Waals surface area (Å²) in [5, 5.41) is 12.5. The highest BCUT2D eigenvalue weighted by molar-refractivity contribution is 5.70. The monoisotopic (exact) mass is 237 g/mol. The molecule has 0 saturated heterocycles. The molecule has 0 radical (unpaired) electrons. The SMILES string of the molecule is CCC(O)(CC)CNC(=O)Oc1ccccc1. The van der Waals surface area contributed by atoms with Crippen molar-refractivity contribution in [2.75, 3.05) is 6.54 Å². The highest BCUT2D eigenvalue weighted by atomic mass is 16.6. The molecule has 0 saturated carbocycles. The number of nitrogens with one attached hydrogen (secondary N) is 1. The molecule has 1 aromatic rings. The van der Waals surface area contributed by atoms with Crippen molar-refractivity contribution >= 4 is 6.09 Å². The van der Waals surface area contributed by atoms with Crippen molar-refractivity contribution < 1.29 is 14.6 Å². The van der Waals surface area contributed by atoms with Gasteiger partial charge in [0, 0.05) is 6.54 Å². The summed E-state index contributed by atoms with van der Waals surface area (Å²) in [4.78, 5) is 11.4. The Balaban J connectivity index is 2.41. The van der Waals surface area contributed by atoms with E-state index >= 15 is 0 Å². The maximum absolute atomic E-state index is 11.4. The number of aliphatic hydroxyl groups is 1. The summed E-state index contributed by atoms with van der Waals surface area (Å²) in [6.07, 6.45) is 0.640. The van der Waals surface area contributed by atoms with E-state index in [0.29, 0.717) is 18.6 Å². The Morgan fingerprint density at radius 1 is 1.29 bits per heavy atom. The average Bonchev–Trinajstić information content (AvgIpc) is 2.37. The summed E-state index contributed by atoms with van der Waals surface area (Å²) >= 11 is 0. The minimum Gasteiger partial charge on any atom is -0.410 e. The number of rotatable bonds is 5. The zero-order chi connectivity index (χ0) is 12.7. The molecule has 0 aliphatic carbocycles. The molecule has 0 fully saturated rings. The number of hydrogen-bond acceptors (Lipinski definition) is 3. The molecule has 4 heteroatoms. The highest BCUT2D eigenvalue weighted by Gasteiger charge is 2.23. The van der Waals surface area contributed by atoms with Crippen LogP contribution in [0.25, 0.3) is 0 Å². The van der Waals surface area contributed by atoms with E-state index in [9.17, 15) is 9.90 Å². The Bertz CT molecular complexity index is 347. The quantitative estimate of drug-likeness (QED) is 0.826. The number of ether oxygens (including phenoxy) is 1. The van der Waals surface area contributed by atoms with Crippen LogP contribution in [0.3, 0.4) is 0 Å². The Hall–Kier alpha value is -1.55. The third-order valence-electron chi connectivity index (χ3n) is 2.83. The number of hydrogen-bond donors (Lipinski definition) is 2. The zero-order valence-electron chi connectivity index (χ0n) is 10.3. The fourth-order valence-corrected chi connectivity index (χ4v) is 1.37. The molecule has 0 bridgehead atoms. The minimum absolute atomic E-state index is 0.200. The van der Waals surface area contributed by atoms with E-state index in [4.69, 9.17) is 4.74 Å². The number of amides is 1. The van der Waals surface area contributed by atoms with E-state index in [-0.39, 0.29) is 6.54 Å². The fourth-order valence-electron chi connectivity index (χ4n) is 1.37. The maximum atomic E-state index is 11.4. The molecule has 2 N–H and O–H groups in total. The van der Waals surface area contributed by atoms with Gasteiger partial charge in [-0.1, -0.05) is 32.0 Å². The van der Waals surface area contributed by atoms with Crippen LogP contribution < -0.4 is 10.1 Å². The lowest BCUT2D eigenvalue weighted by Crippen LogP contribution is -2.43. The van der Waals surface area contributed by atoms with Gasteiger partial charge in [-0.3, -0.25) is 0 Å². The summed E-state index contributed by atoms with van der Waals surface area (Å²) in [5.41, 5.74) is -0.851. The molecule has 1 amide bonds. The Kier molecular flexibility index (Phi) is 4.97. The lowest BCUT2D eigenvalue weighted by atomic mass is 9.98. The summed E-state index contributed by atoms with van der Waals surface area (Å²) < 4.78 is 5.04. The molecule has 0 spiro atoms. The van der Waals surface area contributed by atoms with Gasteiger partial charge in [-0.15, -0.1) is 0 Å². The second-order valence-corrected chi connectivity index (χ2v) is 3.99. The van der Waals surface area contributed by atoms with Crippen LogP contribution >= 0.6 is 0 Å². The summed E-state index contributed by atoms with van der Waals surface area (Å²) in [6.45, 7) is 3.97.